The maximum Gasteiger partial charge on any atom is 0.328 e. The number of methoxy groups -OCH3 is 1. The fraction of sp³-hybridized carbons (Fsp3) is 0.550. The van der Waals surface area contributed by atoms with Crippen molar-refractivity contribution in [2.24, 2.45) is 17.8 Å². The molecule has 1 aliphatic carbocycles. The van der Waals surface area contributed by atoms with Crippen LogP contribution in [0, 0.1) is 17.8 Å². The fourth-order valence-corrected chi connectivity index (χ4v) is 3.11. The van der Waals surface area contributed by atoms with Crippen LogP contribution in [0.25, 0.3) is 0 Å². The highest BCUT2D eigenvalue weighted by atomic mass is 16.5. The van der Waals surface area contributed by atoms with Gasteiger partial charge in [-0.2, -0.15) is 0 Å². The van der Waals surface area contributed by atoms with Crippen LogP contribution in [0.15, 0.2) is 47.6 Å². The number of hydrogen-bond donors (Lipinski definition) is 1. The van der Waals surface area contributed by atoms with Gasteiger partial charge in [0, 0.05) is 13.2 Å². The van der Waals surface area contributed by atoms with Crippen molar-refractivity contribution in [2.45, 2.75) is 46.6 Å². The summed E-state index contributed by atoms with van der Waals surface area (Å²) in [4.78, 5) is 10.5. The Bertz CT molecular complexity index is 511. The number of aliphatic carboxylic acids is 1. The van der Waals surface area contributed by atoms with E-state index in [4.69, 9.17) is 9.84 Å². The number of carboxylic acid groups (broad SMARTS) is 1. The Kier molecular flexibility index (Phi) is 8.04. The Labute approximate surface area is 140 Å². The molecule has 0 aromatic rings. The third-order valence-corrected chi connectivity index (χ3v) is 4.59. The molecule has 1 rings (SSSR count). The van der Waals surface area contributed by atoms with Crippen LogP contribution < -0.4 is 0 Å². The van der Waals surface area contributed by atoms with E-state index in [1.807, 2.05) is 19.3 Å². The minimum atomic E-state index is -0.914. The van der Waals surface area contributed by atoms with Crippen LogP contribution in [-0.2, 0) is 9.53 Å². The number of ether oxygens (including phenoxy) is 1. The molecule has 0 heterocycles. The summed E-state index contributed by atoms with van der Waals surface area (Å²) in [6.45, 7) is 8.41. The molecular weight excluding hydrogens is 288 g/mol. The third-order valence-electron chi connectivity index (χ3n) is 4.59. The van der Waals surface area contributed by atoms with Gasteiger partial charge in [0.05, 0.1) is 6.10 Å². The van der Waals surface area contributed by atoms with E-state index >= 15 is 0 Å². The minimum Gasteiger partial charge on any atom is -0.478 e. The molecule has 3 heteroatoms. The Morgan fingerprint density at radius 2 is 1.78 bits per heavy atom. The smallest absolute Gasteiger partial charge is 0.328 e. The van der Waals surface area contributed by atoms with Gasteiger partial charge in [-0.1, -0.05) is 49.8 Å². The average Bonchev–Trinajstić information content (AvgIpc) is 2.46. The topological polar surface area (TPSA) is 46.5 Å². The molecule has 0 aromatic heterocycles. The lowest BCUT2D eigenvalue weighted by atomic mass is 9.73. The number of carbonyl (C=O) groups is 1. The summed E-state index contributed by atoms with van der Waals surface area (Å²) < 4.78 is 5.56. The van der Waals surface area contributed by atoms with Gasteiger partial charge in [-0.15, -0.1) is 0 Å². The van der Waals surface area contributed by atoms with Gasteiger partial charge >= 0.3 is 5.97 Å². The van der Waals surface area contributed by atoms with Crippen molar-refractivity contribution in [3.05, 3.63) is 47.6 Å². The van der Waals surface area contributed by atoms with Gasteiger partial charge < -0.3 is 9.84 Å². The predicted molar refractivity (Wildman–Crippen MR) is 95.3 cm³/mol. The predicted octanol–water partition coefficient (Wildman–Crippen LogP) is 4.77. The van der Waals surface area contributed by atoms with Crippen molar-refractivity contribution < 1.29 is 14.6 Å². The molecule has 0 radical (unpaired) electrons. The van der Waals surface area contributed by atoms with Crippen molar-refractivity contribution in [2.75, 3.05) is 7.11 Å². The van der Waals surface area contributed by atoms with Crippen LogP contribution >= 0.6 is 0 Å². The van der Waals surface area contributed by atoms with Gasteiger partial charge in [0.25, 0.3) is 0 Å². The first-order chi connectivity index (χ1) is 10.8. The summed E-state index contributed by atoms with van der Waals surface area (Å²) in [5, 5.41) is 8.66. The molecule has 1 fully saturated rings. The Balaban J connectivity index is 2.61. The highest BCUT2D eigenvalue weighted by Crippen LogP contribution is 2.36. The molecule has 0 saturated heterocycles. The summed E-state index contributed by atoms with van der Waals surface area (Å²) >= 11 is 0. The molecule has 4 unspecified atom stereocenters. The molecule has 3 nitrogen and oxygen atoms in total. The molecule has 0 bridgehead atoms. The number of hydrogen-bond acceptors (Lipinski definition) is 2. The van der Waals surface area contributed by atoms with Gasteiger partial charge in [-0.25, -0.2) is 4.79 Å². The lowest BCUT2D eigenvalue weighted by Crippen LogP contribution is -2.33. The van der Waals surface area contributed by atoms with E-state index in [-0.39, 0.29) is 0 Å². The quantitative estimate of drug-likeness (QED) is 0.566. The zero-order valence-electron chi connectivity index (χ0n) is 15.0. The first-order valence-electron chi connectivity index (χ1n) is 8.30. The summed E-state index contributed by atoms with van der Waals surface area (Å²) in [6.07, 6.45) is 14.1. The average molecular weight is 318 g/mol. The molecule has 23 heavy (non-hydrogen) atoms. The van der Waals surface area contributed by atoms with Gasteiger partial charge in [-0.3, -0.25) is 0 Å². The number of allylic oxidation sites excluding steroid dienone is 7. The van der Waals surface area contributed by atoms with E-state index in [2.05, 4.69) is 32.9 Å². The van der Waals surface area contributed by atoms with Gasteiger partial charge in [0.2, 0.25) is 0 Å². The van der Waals surface area contributed by atoms with Crippen LogP contribution in [0.4, 0.5) is 0 Å². The highest BCUT2D eigenvalue weighted by molar-refractivity contribution is 5.81. The van der Waals surface area contributed by atoms with E-state index in [1.54, 1.807) is 13.0 Å². The molecule has 4 atom stereocenters. The fourth-order valence-electron chi connectivity index (χ4n) is 3.11. The largest absolute Gasteiger partial charge is 0.478 e. The van der Waals surface area contributed by atoms with Crippen molar-refractivity contribution in [1.82, 2.24) is 0 Å². The second-order valence-electron chi connectivity index (χ2n) is 6.72. The van der Waals surface area contributed by atoms with Gasteiger partial charge in [0.15, 0.2) is 0 Å². The normalized spacial score (nSPS) is 30.3. The molecule has 0 amide bonds. The Morgan fingerprint density at radius 1 is 1.09 bits per heavy atom. The summed E-state index contributed by atoms with van der Waals surface area (Å²) in [6, 6.07) is 0. The summed E-state index contributed by atoms with van der Waals surface area (Å²) in [5.74, 6) is 0.912. The first kappa shape index (κ1) is 19.4. The molecule has 0 aliphatic heterocycles. The zero-order valence-corrected chi connectivity index (χ0v) is 15.0. The highest BCUT2D eigenvalue weighted by Gasteiger charge is 2.31. The SMILES string of the molecule is COC1CC(C)C(/C=C/C(C)=C/C=C/C(C)=C/C(=O)O)CC1C. The molecule has 1 aliphatic rings. The van der Waals surface area contributed by atoms with Gasteiger partial charge in [-0.05, 0) is 50.0 Å². The summed E-state index contributed by atoms with van der Waals surface area (Å²) in [7, 11) is 1.81. The third kappa shape index (κ3) is 7.00. The molecule has 1 N–H and O–H groups in total. The maximum atomic E-state index is 10.5. The van der Waals surface area contributed by atoms with E-state index < -0.39 is 5.97 Å². The first-order valence-corrected chi connectivity index (χ1v) is 8.30. The van der Waals surface area contributed by atoms with Crippen LogP contribution in [0.2, 0.25) is 0 Å². The van der Waals surface area contributed by atoms with Crippen molar-refractivity contribution in [1.29, 1.82) is 0 Å². The van der Waals surface area contributed by atoms with Crippen LogP contribution in [0.1, 0.15) is 40.5 Å². The van der Waals surface area contributed by atoms with E-state index in [9.17, 15) is 4.79 Å². The summed E-state index contributed by atoms with van der Waals surface area (Å²) in [5.41, 5.74) is 1.89. The second-order valence-corrected chi connectivity index (χ2v) is 6.72. The van der Waals surface area contributed by atoms with E-state index in [0.29, 0.717) is 23.9 Å². The van der Waals surface area contributed by atoms with E-state index in [1.165, 1.54) is 12.5 Å². The maximum absolute atomic E-state index is 10.5. The molecular formula is C20H30O3. The lowest BCUT2D eigenvalue weighted by Gasteiger charge is -2.36. The van der Waals surface area contributed by atoms with Crippen LogP contribution in [0.5, 0.6) is 0 Å². The van der Waals surface area contributed by atoms with E-state index in [0.717, 1.165) is 17.6 Å². The lowest BCUT2D eigenvalue weighted by molar-refractivity contribution is -0.131. The zero-order chi connectivity index (χ0) is 17.4. The van der Waals surface area contributed by atoms with Gasteiger partial charge in [0.1, 0.15) is 0 Å². The standard InChI is InChI=1S/C20H30O3/c1-14(7-6-8-15(2)11-20(21)22)9-10-18-12-17(4)19(23-5)13-16(18)3/h6-11,16-19H,12-13H2,1-5H3,(H,21,22)/b8-6+,10-9+,14-7+,15-11+. The molecule has 128 valence electrons. The second kappa shape index (κ2) is 9.51. The van der Waals surface area contributed by atoms with Crippen molar-refractivity contribution >= 4 is 5.97 Å². The molecule has 0 spiro atoms. The van der Waals surface area contributed by atoms with Crippen molar-refractivity contribution in [3.8, 4) is 0 Å². The molecule has 0 aromatic carbocycles. The minimum absolute atomic E-state index is 0.387. The Morgan fingerprint density at radius 3 is 2.39 bits per heavy atom. The Hall–Kier alpha value is -1.61. The molecule has 1 saturated carbocycles. The number of rotatable bonds is 6. The van der Waals surface area contributed by atoms with Crippen molar-refractivity contribution in [3.63, 3.8) is 0 Å². The van der Waals surface area contributed by atoms with Crippen LogP contribution in [-0.4, -0.2) is 24.3 Å². The number of carboxylic acids is 1. The monoisotopic (exact) mass is 318 g/mol. The van der Waals surface area contributed by atoms with Crippen LogP contribution in [0.3, 0.4) is 0 Å².